The average Bonchev–Trinajstić information content (AvgIpc) is 1.80. The maximum Gasteiger partial charge on any atom is 0.331 e. The van der Waals surface area contributed by atoms with E-state index in [1.807, 2.05) is 0 Å². The molecule has 0 bridgehead atoms. The topological polar surface area (TPSA) is 43.4 Å². The van der Waals surface area contributed by atoms with Crippen LogP contribution in [0.3, 0.4) is 0 Å². The zero-order valence-electron chi connectivity index (χ0n) is 4.96. The average molecular weight is 126 g/mol. The van der Waals surface area contributed by atoms with Crippen LogP contribution in [0.4, 0.5) is 0 Å². The molecule has 0 unspecified atom stereocenters. The Hall–Kier alpha value is -1.12. The molecule has 0 N–H and O–H groups in total. The zero-order valence-corrected chi connectivity index (χ0v) is 4.96. The van der Waals surface area contributed by atoms with Gasteiger partial charge in [0.05, 0.1) is 0 Å². The van der Waals surface area contributed by atoms with Crippen molar-refractivity contribution >= 4 is 11.8 Å². The van der Waals surface area contributed by atoms with Crippen molar-refractivity contribution in [2.24, 2.45) is 0 Å². The molecule has 0 amide bonds. The molecule has 0 saturated carbocycles. The van der Waals surface area contributed by atoms with Crippen molar-refractivity contribution in [2.45, 2.75) is 13.0 Å². The second kappa shape index (κ2) is 2.01. The van der Waals surface area contributed by atoms with Crippen LogP contribution in [0.25, 0.3) is 0 Å². The largest absolute Gasteiger partial charge is 0.451 e. The molecule has 0 saturated heterocycles. The van der Waals surface area contributed by atoms with Crippen LogP contribution < -0.4 is 0 Å². The molecule has 3 nitrogen and oxygen atoms in total. The first kappa shape index (κ1) is 6.01. The van der Waals surface area contributed by atoms with Gasteiger partial charge in [-0.1, -0.05) is 0 Å². The number of carbonyl (C=O) groups excluding carboxylic acids is 2. The predicted octanol–water partition coefficient (Wildman–Crippen LogP) is 0.0570. The SMILES string of the molecule is C[C@@H]1OC(=O)C=CC1=O. The molecule has 1 rings (SSSR count). The summed E-state index contributed by atoms with van der Waals surface area (Å²) in [4.78, 5) is 20.9. The number of ketones is 1. The highest BCUT2D eigenvalue weighted by atomic mass is 16.5. The van der Waals surface area contributed by atoms with Crippen molar-refractivity contribution in [1.82, 2.24) is 0 Å². The number of ether oxygens (including phenoxy) is 1. The minimum atomic E-state index is -0.595. The van der Waals surface area contributed by atoms with Gasteiger partial charge in [0.1, 0.15) is 0 Å². The lowest BCUT2D eigenvalue weighted by Gasteiger charge is -2.11. The molecule has 1 atom stereocenters. The van der Waals surface area contributed by atoms with Gasteiger partial charge in [0.25, 0.3) is 0 Å². The van der Waals surface area contributed by atoms with Crippen molar-refractivity contribution in [3.8, 4) is 0 Å². The van der Waals surface area contributed by atoms with Gasteiger partial charge in [0.2, 0.25) is 0 Å². The maximum absolute atomic E-state index is 10.6. The molecule has 0 aromatic carbocycles. The van der Waals surface area contributed by atoms with Gasteiger partial charge in [-0.2, -0.15) is 0 Å². The summed E-state index contributed by atoms with van der Waals surface area (Å²) in [5.41, 5.74) is 0. The van der Waals surface area contributed by atoms with Gasteiger partial charge in [-0.25, -0.2) is 4.79 Å². The summed E-state index contributed by atoms with van der Waals surface area (Å²) < 4.78 is 4.52. The number of esters is 1. The van der Waals surface area contributed by atoms with Gasteiger partial charge in [-0.15, -0.1) is 0 Å². The van der Waals surface area contributed by atoms with Crippen LogP contribution >= 0.6 is 0 Å². The summed E-state index contributed by atoms with van der Waals surface area (Å²) in [7, 11) is 0. The number of hydrogen-bond donors (Lipinski definition) is 0. The third kappa shape index (κ3) is 1.16. The van der Waals surface area contributed by atoms with E-state index in [4.69, 9.17) is 0 Å². The Morgan fingerprint density at radius 1 is 1.44 bits per heavy atom. The maximum atomic E-state index is 10.6. The smallest absolute Gasteiger partial charge is 0.331 e. The van der Waals surface area contributed by atoms with Crippen molar-refractivity contribution in [3.63, 3.8) is 0 Å². The van der Waals surface area contributed by atoms with E-state index in [2.05, 4.69) is 4.74 Å². The van der Waals surface area contributed by atoms with Gasteiger partial charge in [-0.05, 0) is 13.0 Å². The first-order valence-electron chi connectivity index (χ1n) is 2.62. The Bertz CT molecular complexity index is 181. The molecule has 1 heterocycles. The van der Waals surface area contributed by atoms with E-state index < -0.39 is 12.1 Å². The fraction of sp³-hybridized carbons (Fsp3) is 0.333. The molecule has 48 valence electrons. The van der Waals surface area contributed by atoms with Crippen LogP contribution in [0.2, 0.25) is 0 Å². The van der Waals surface area contributed by atoms with Crippen LogP contribution in [0.5, 0.6) is 0 Å². The quantitative estimate of drug-likeness (QED) is 0.431. The summed E-state index contributed by atoms with van der Waals surface area (Å²) in [5, 5.41) is 0. The molecular formula is C6H6O3. The number of cyclic esters (lactones) is 1. The first-order valence-corrected chi connectivity index (χ1v) is 2.62. The fourth-order valence-electron chi connectivity index (χ4n) is 0.557. The standard InChI is InChI=1S/C6H6O3/c1-4-5(7)2-3-6(8)9-4/h2-4H,1H3/t4-/m0/s1. The first-order chi connectivity index (χ1) is 4.20. The van der Waals surface area contributed by atoms with Crippen molar-refractivity contribution in [1.29, 1.82) is 0 Å². The molecular weight excluding hydrogens is 120 g/mol. The van der Waals surface area contributed by atoms with Crippen LogP contribution in [-0.2, 0) is 14.3 Å². The molecule has 9 heavy (non-hydrogen) atoms. The molecule has 0 aliphatic carbocycles. The molecule has 1 aliphatic rings. The predicted molar refractivity (Wildman–Crippen MR) is 29.7 cm³/mol. The Morgan fingerprint density at radius 2 is 2.11 bits per heavy atom. The lowest BCUT2D eigenvalue weighted by molar-refractivity contribution is -0.149. The van der Waals surface area contributed by atoms with Crippen molar-refractivity contribution < 1.29 is 14.3 Å². The molecule has 0 aromatic heterocycles. The van der Waals surface area contributed by atoms with Gasteiger partial charge in [0.15, 0.2) is 11.9 Å². The molecule has 0 aromatic rings. The fourth-order valence-corrected chi connectivity index (χ4v) is 0.557. The Labute approximate surface area is 52.3 Å². The summed E-state index contributed by atoms with van der Waals surface area (Å²) in [6, 6.07) is 0. The molecule has 1 aliphatic heterocycles. The highest BCUT2D eigenvalue weighted by Gasteiger charge is 2.18. The minimum Gasteiger partial charge on any atom is -0.451 e. The molecule has 0 fully saturated rings. The minimum absolute atomic E-state index is 0.158. The highest BCUT2D eigenvalue weighted by molar-refractivity contribution is 6.02. The number of hydrogen-bond acceptors (Lipinski definition) is 3. The Kier molecular flexibility index (Phi) is 1.34. The van der Waals surface area contributed by atoms with E-state index in [1.54, 1.807) is 6.92 Å². The highest BCUT2D eigenvalue weighted by Crippen LogP contribution is 2.01. The van der Waals surface area contributed by atoms with Crippen LogP contribution in [0.1, 0.15) is 6.92 Å². The third-order valence-corrected chi connectivity index (χ3v) is 1.08. The second-order valence-corrected chi connectivity index (χ2v) is 1.81. The normalized spacial score (nSPS) is 26.1. The van der Waals surface area contributed by atoms with Crippen molar-refractivity contribution in [3.05, 3.63) is 12.2 Å². The van der Waals surface area contributed by atoms with E-state index in [1.165, 1.54) is 6.08 Å². The lowest BCUT2D eigenvalue weighted by atomic mass is 10.2. The van der Waals surface area contributed by atoms with Crippen LogP contribution in [0, 0.1) is 0 Å². The lowest BCUT2D eigenvalue weighted by Crippen LogP contribution is -2.25. The van der Waals surface area contributed by atoms with E-state index in [0.717, 1.165) is 6.08 Å². The Balaban J connectivity index is 2.76. The monoisotopic (exact) mass is 126 g/mol. The summed E-state index contributed by atoms with van der Waals surface area (Å²) in [6.45, 7) is 1.55. The Morgan fingerprint density at radius 3 is 2.56 bits per heavy atom. The van der Waals surface area contributed by atoms with Gasteiger partial charge < -0.3 is 4.74 Å². The van der Waals surface area contributed by atoms with Gasteiger partial charge in [-0.3, -0.25) is 4.79 Å². The van der Waals surface area contributed by atoms with Crippen LogP contribution in [-0.4, -0.2) is 17.9 Å². The summed E-state index contributed by atoms with van der Waals surface area (Å²) in [5.74, 6) is -0.600. The second-order valence-electron chi connectivity index (χ2n) is 1.81. The number of rotatable bonds is 0. The summed E-state index contributed by atoms with van der Waals surface area (Å²) in [6.07, 6.45) is 1.77. The zero-order chi connectivity index (χ0) is 6.85. The van der Waals surface area contributed by atoms with E-state index in [0.29, 0.717) is 0 Å². The van der Waals surface area contributed by atoms with Gasteiger partial charge in [0, 0.05) is 6.08 Å². The van der Waals surface area contributed by atoms with E-state index >= 15 is 0 Å². The van der Waals surface area contributed by atoms with Gasteiger partial charge >= 0.3 is 5.97 Å². The molecule has 0 spiro atoms. The molecule has 3 heteroatoms. The van der Waals surface area contributed by atoms with E-state index in [9.17, 15) is 9.59 Å². The van der Waals surface area contributed by atoms with Crippen molar-refractivity contribution in [2.75, 3.05) is 0 Å². The third-order valence-electron chi connectivity index (χ3n) is 1.08. The van der Waals surface area contributed by atoms with Crippen LogP contribution in [0.15, 0.2) is 12.2 Å². The van der Waals surface area contributed by atoms with E-state index in [-0.39, 0.29) is 5.78 Å². The summed E-state index contributed by atoms with van der Waals surface area (Å²) >= 11 is 0. The number of carbonyl (C=O) groups is 2. The molecule has 0 radical (unpaired) electrons.